The average molecular weight is 1700 g/mol. The van der Waals surface area contributed by atoms with Crippen LogP contribution in [0.2, 0.25) is 0 Å². The molecule has 0 saturated carbocycles. The summed E-state index contributed by atoms with van der Waals surface area (Å²) >= 11 is 0. The molecule has 0 aliphatic carbocycles. The summed E-state index contributed by atoms with van der Waals surface area (Å²) in [5.41, 5.74) is 24.6. The zero-order valence-electron chi connectivity index (χ0n) is 73.3. The molecular formula is C131H83N3. The van der Waals surface area contributed by atoms with E-state index < -0.39 is 0 Å². The zero-order chi connectivity index (χ0) is 88.5. The molecule has 3 aromatic heterocycles. The molecule has 27 aromatic rings. The molecule has 0 bridgehead atoms. The van der Waals surface area contributed by atoms with Crippen molar-refractivity contribution in [2.24, 2.45) is 0 Å². The van der Waals surface area contributed by atoms with Gasteiger partial charge in [-0.25, -0.2) is 0 Å². The second-order valence-electron chi connectivity index (χ2n) is 35.0. The minimum absolute atomic E-state index is 1.15. The van der Waals surface area contributed by atoms with Gasteiger partial charge in [-0.15, -0.1) is 0 Å². The van der Waals surface area contributed by atoms with Gasteiger partial charge in [0, 0.05) is 37.2 Å². The largest absolute Gasteiger partial charge is 0.265 e. The second kappa shape index (κ2) is 33.5. The number of aromatic nitrogens is 3. The molecule has 3 nitrogen and oxygen atoms in total. The molecule has 0 fully saturated rings. The SMILES string of the molecule is c1ccc(-c2c(-c3ccncc3)c3ccccc3c3cc4c(-c5ccncc5)c5ccccc5c(-c5ccncc5)c4cc23)cc1.c1ccc(-c2c3ccccc3c(-c3ccccc3)c3cc4c(cc23)c(-c2ccccc2)cc2ccccc24)cc1.c1ccc(-c2cc3ccccc3c3cc4c(-c5ccc6ccccc6c5)c5ccccc5c(-c5ccc6ccccc6c5)c4cc23)cc1. The Hall–Kier alpha value is -17.6. The minimum atomic E-state index is 1.15. The van der Waals surface area contributed by atoms with Crippen LogP contribution in [0.4, 0.5) is 0 Å². The lowest BCUT2D eigenvalue weighted by Crippen LogP contribution is -1.95. The number of nitrogens with zero attached hydrogens (tertiary/aromatic N) is 3. The third-order valence-electron chi connectivity index (χ3n) is 27.5. The standard InChI is InChI=1S/C48H30.C43H27N3.C40H26/c1-2-14-33(15-3-1)42-28-36-18-8-9-19-39(36)43-29-45-46(30-44(42)43)48(38-25-23-32-13-5-7-17-35(32)27-38)41-21-11-10-20-40(41)47(45)37-24-22-31-12-4-6-16-34(31)26-37;1-2-8-28(9-3-1)43-37-27-39-38(26-36(37)32-10-4-5-11-33(32)42(43)31-18-24-46-25-19-31)40(29-14-20-44-21-15-29)34-12-6-7-13-35(34)41(39)30-16-22-45-23-17-30;1-4-14-27(15-5-1)34-24-30-20-10-11-21-31(30)35-25-37-38(26-36(34)35)40(29-18-8-3-9-19-29)33-23-13-12-22-32(33)39(37)28-16-6-2-7-17-28/h1-30H;1-27H;1-26H. The van der Waals surface area contributed by atoms with Crippen LogP contribution in [0.15, 0.2) is 504 Å². The van der Waals surface area contributed by atoms with Gasteiger partial charge in [-0.2, -0.15) is 0 Å². The van der Waals surface area contributed by atoms with Crippen LogP contribution < -0.4 is 0 Å². The number of hydrogen-bond acceptors (Lipinski definition) is 3. The molecule has 0 spiro atoms. The molecule has 0 radical (unpaired) electrons. The first kappa shape index (κ1) is 78.6. The summed E-state index contributed by atoms with van der Waals surface area (Å²) in [5, 5.41) is 35.2. The highest BCUT2D eigenvalue weighted by Crippen LogP contribution is 2.54. The van der Waals surface area contributed by atoms with Crippen LogP contribution in [0.1, 0.15) is 0 Å². The quantitative estimate of drug-likeness (QED) is 0.101. The van der Waals surface area contributed by atoms with Gasteiger partial charge in [0.25, 0.3) is 0 Å². The third-order valence-corrected chi connectivity index (χ3v) is 27.5. The van der Waals surface area contributed by atoms with Gasteiger partial charge < -0.3 is 0 Å². The van der Waals surface area contributed by atoms with Crippen molar-refractivity contribution in [3.8, 4) is 111 Å². The highest BCUT2D eigenvalue weighted by molar-refractivity contribution is 6.32. The molecule has 0 saturated heterocycles. The van der Waals surface area contributed by atoms with Crippen LogP contribution in [0.25, 0.3) is 262 Å². The Morgan fingerprint density at radius 3 is 0.642 bits per heavy atom. The van der Waals surface area contributed by atoms with Crippen molar-refractivity contribution in [3.05, 3.63) is 504 Å². The predicted octanol–water partition coefficient (Wildman–Crippen LogP) is 36.1. The molecule has 3 heterocycles. The van der Waals surface area contributed by atoms with E-state index in [-0.39, 0.29) is 0 Å². The molecule has 622 valence electrons. The van der Waals surface area contributed by atoms with E-state index in [0.29, 0.717) is 0 Å². The summed E-state index contributed by atoms with van der Waals surface area (Å²) in [7, 11) is 0. The molecule has 24 aromatic carbocycles. The van der Waals surface area contributed by atoms with Gasteiger partial charge >= 0.3 is 0 Å². The summed E-state index contributed by atoms with van der Waals surface area (Å²) in [6.45, 7) is 0. The zero-order valence-corrected chi connectivity index (χ0v) is 73.3. The van der Waals surface area contributed by atoms with Gasteiger partial charge in [-0.3, -0.25) is 15.0 Å². The topological polar surface area (TPSA) is 38.7 Å². The van der Waals surface area contributed by atoms with E-state index >= 15 is 0 Å². The summed E-state index contributed by atoms with van der Waals surface area (Å²) in [6, 6.07) is 171. The first-order valence-corrected chi connectivity index (χ1v) is 46.0. The van der Waals surface area contributed by atoms with Crippen molar-refractivity contribution < 1.29 is 0 Å². The van der Waals surface area contributed by atoms with E-state index in [1.54, 1.807) is 0 Å². The number of fused-ring (bicyclic) bond motifs is 17. The molecule has 0 aliphatic rings. The molecule has 134 heavy (non-hydrogen) atoms. The number of rotatable bonds is 10. The van der Waals surface area contributed by atoms with Crippen molar-refractivity contribution in [1.82, 2.24) is 15.0 Å². The second-order valence-corrected chi connectivity index (χ2v) is 35.0. The summed E-state index contributed by atoms with van der Waals surface area (Å²) < 4.78 is 0. The van der Waals surface area contributed by atoms with Crippen LogP contribution in [-0.4, -0.2) is 15.0 Å². The van der Waals surface area contributed by atoms with Gasteiger partial charge in [0.2, 0.25) is 0 Å². The lowest BCUT2D eigenvalue weighted by atomic mass is 9.81. The van der Waals surface area contributed by atoms with Crippen LogP contribution >= 0.6 is 0 Å². The third kappa shape index (κ3) is 13.6. The Morgan fingerprint density at radius 1 is 0.0970 bits per heavy atom. The fraction of sp³-hybridized carbons (Fsp3) is 0. The Labute approximate surface area is 775 Å². The maximum atomic E-state index is 4.37. The Bertz CT molecular complexity index is 9310. The van der Waals surface area contributed by atoms with Gasteiger partial charge in [0.05, 0.1) is 0 Å². The molecule has 0 aliphatic heterocycles. The lowest BCUT2D eigenvalue weighted by molar-refractivity contribution is 1.33. The first-order valence-electron chi connectivity index (χ1n) is 46.0. The summed E-state index contributed by atoms with van der Waals surface area (Å²) in [5.74, 6) is 0. The van der Waals surface area contributed by atoms with Crippen molar-refractivity contribution in [2.75, 3.05) is 0 Å². The van der Waals surface area contributed by atoms with Crippen LogP contribution in [0.3, 0.4) is 0 Å². The van der Waals surface area contributed by atoms with Crippen molar-refractivity contribution >= 4 is 151 Å². The van der Waals surface area contributed by atoms with E-state index in [9.17, 15) is 0 Å². The fourth-order valence-electron chi connectivity index (χ4n) is 21.6. The van der Waals surface area contributed by atoms with E-state index in [1.807, 2.05) is 37.2 Å². The average Bonchev–Trinajstić information content (AvgIpc) is 0.666. The monoisotopic (exact) mass is 1700 g/mol. The van der Waals surface area contributed by atoms with Crippen LogP contribution in [0, 0.1) is 0 Å². The van der Waals surface area contributed by atoms with Crippen molar-refractivity contribution in [1.29, 1.82) is 0 Å². The maximum absolute atomic E-state index is 4.37. The highest BCUT2D eigenvalue weighted by atomic mass is 14.6. The van der Waals surface area contributed by atoms with E-state index in [4.69, 9.17) is 0 Å². The summed E-state index contributed by atoms with van der Waals surface area (Å²) in [4.78, 5) is 13.1. The molecule has 27 rings (SSSR count). The fourth-order valence-corrected chi connectivity index (χ4v) is 21.6. The normalized spacial score (nSPS) is 11.6. The Kier molecular flexibility index (Phi) is 19.6. The van der Waals surface area contributed by atoms with Crippen molar-refractivity contribution in [2.45, 2.75) is 0 Å². The molecule has 3 heteroatoms. The van der Waals surface area contributed by atoms with Gasteiger partial charge in [0.15, 0.2) is 0 Å². The smallest absolute Gasteiger partial charge is 0.0273 e. The molecule has 0 unspecified atom stereocenters. The highest BCUT2D eigenvalue weighted by Gasteiger charge is 2.27. The molecule has 0 atom stereocenters. The van der Waals surface area contributed by atoms with E-state index in [1.165, 1.54) is 245 Å². The van der Waals surface area contributed by atoms with E-state index in [2.05, 4.69) is 482 Å². The van der Waals surface area contributed by atoms with Gasteiger partial charge in [-0.05, 0) is 359 Å². The maximum Gasteiger partial charge on any atom is 0.0273 e. The molecular weight excluding hydrogens is 1620 g/mol. The lowest BCUT2D eigenvalue weighted by Gasteiger charge is -2.22. The first-order chi connectivity index (χ1) is 66.5. The molecule has 0 N–H and O–H groups in total. The number of hydrogen-bond donors (Lipinski definition) is 0. The summed E-state index contributed by atoms with van der Waals surface area (Å²) in [6.07, 6.45) is 11.3. The van der Waals surface area contributed by atoms with Crippen molar-refractivity contribution in [3.63, 3.8) is 0 Å². The van der Waals surface area contributed by atoms with Gasteiger partial charge in [-0.1, -0.05) is 370 Å². The minimum Gasteiger partial charge on any atom is -0.265 e. The van der Waals surface area contributed by atoms with Crippen LogP contribution in [-0.2, 0) is 0 Å². The number of benzene rings is 24. The Morgan fingerprint density at radius 2 is 0.306 bits per heavy atom. The van der Waals surface area contributed by atoms with Gasteiger partial charge in [0.1, 0.15) is 0 Å². The predicted molar refractivity (Wildman–Crippen MR) is 572 cm³/mol. The Balaban J connectivity index is 0.000000108. The van der Waals surface area contributed by atoms with Crippen LogP contribution in [0.5, 0.6) is 0 Å². The molecule has 0 amide bonds. The number of pyridine rings is 3. The van der Waals surface area contributed by atoms with E-state index in [0.717, 1.165) is 16.7 Å².